The SMILES string of the molecule is CC(C)C[C@H](CC(=O)O)C(=O)N(C)c1nc(-c2ccccc2Cl)cs1. The standard InChI is InChI=1S/C18H21ClN2O3S/c1-11(2)8-12(9-16(22)23)17(24)21(3)18-20-15(10-25-18)13-6-4-5-7-14(13)19/h4-7,10-12H,8-9H2,1-3H3,(H,22,23)/t12-/m1/s1. The van der Waals surface area contributed by atoms with Crippen LogP contribution in [0.1, 0.15) is 26.7 Å². The summed E-state index contributed by atoms with van der Waals surface area (Å²) in [5.74, 6) is -1.52. The number of rotatable bonds is 7. The molecule has 0 aliphatic rings. The molecule has 1 N–H and O–H groups in total. The highest BCUT2D eigenvalue weighted by Crippen LogP contribution is 2.32. The van der Waals surface area contributed by atoms with Crippen LogP contribution in [0, 0.1) is 11.8 Å². The number of nitrogens with zero attached hydrogens (tertiary/aromatic N) is 2. The first-order valence-corrected chi connectivity index (χ1v) is 9.25. The lowest BCUT2D eigenvalue weighted by Crippen LogP contribution is -2.34. The molecule has 0 fully saturated rings. The van der Waals surface area contributed by atoms with Crippen molar-refractivity contribution in [2.75, 3.05) is 11.9 Å². The number of aliphatic carboxylic acids is 1. The van der Waals surface area contributed by atoms with Gasteiger partial charge in [0, 0.05) is 28.9 Å². The van der Waals surface area contributed by atoms with Crippen LogP contribution in [0.5, 0.6) is 0 Å². The summed E-state index contributed by atoms with van der Waals surface area (Å²) in [6.07, 6.45) is 0.350. The van der Waals surface area contributed by atoms with E-state index in [2.05, 4.69) is 4.98 Å². The Kier molecular flexibility index (Phi) is 6.56. The highest BCUT2D eigenvalue weighted by Gasteiger charge is 2.27. The molecular weight excluding hydrogens is 360 g/mol. The minimum absolute atomic E-state index is 0.176. The third-order valence-corrected chi connectivity index (χ3v) is 5.03. The lowest BCUT2D eigenvalue weighted by Gasteiger charge is -2.22. The Labute approximate surface area is 156 Å². The van der Waals surface area contributed by atoms with Gasteiger partial charge in [-0.3, -0.25) is 14.5 Å². The van der Waals surface area contributed by atoms with Crippen LogP contribution in [0.4, 0.5) is 5.13 Å². The molecule has 0 aliphatic carbocycles. The molecule has 0 radical (unpaired) electrons. The largest absolute Gasteiger partial charge is 0.481 e. The molecule has 1 aromatic carbocycles. The second-order valence-corrected chi connectivity index (χ2v) is 7.56. The number of carboxylic acid groups (broad SMARTS) is 1. The van der Waals surface area contributed by atoms with Crippen LogP contribution < -0.4 is 4.90 Å². The van der Waals surface area contributed by atoms with E-state index in [9.17, 15) is 9.59 Å². The zero-order valence-corrected chi connectivity index (χ0v) is 16.0. The van der Waals surface area contributed by atoms with Gasteiger partial charge in [-0.25, -0.2) is 4.98 Å². The summed E-state index contributed by atoms with van der Waals surface area (Å²) in [4.78, 5) is 29.8. The van der Waals surface area contributed by atoms with Gasteiger partial charge >= 0.3 is 5.97 Å². The van der Waals surface area contributed by atoms with Gasteiger partial charge in [-0.2, -0.15) is 0 Å². The maximum absolute atomic E-state index is 12.7. The second-order valence-electron chi connectivity index (χ2n) is 6.32. The van der Waals surface area contributed by atoms with Crippen molar-refractivity contribution in [1.82, 2.24) is 4.98 Å². The Hall–Kier alpha value is -1.92. The van der Waals surface area contributed by atoms with E-state index in [1.54, 1.807) is 13.1 Å². The lowest BCUT2D eigenvalue weighted by molar-refractivity contribution is -0.140. The van der Waals surface area contributed by atoms with Crippen LogP contribution in [0.25, 0.3) is 11.3 Å². The van der Waals surface area contributed by atoms with E-state index in [4.69, 9.17) is 16.7 Å². The number of benzene rings is 1. The minimum atomic E-state index is -0.969. The third kappa shape index (κ3) is 5.03. The summed E-state index contributed by atoms with van der Waals surface area (Å²) in [5.41, 5.74) is 1.50. The van der Waals surface area contributed by atoms with E-state index >= 15 is 0 Å². The maximum Gasteiger partial charge on any atom is 0.304 e. The maximum atomic E-state index is 12.7. The van der Waals surface area contributed by atoms with Gasteiger partial charge in [-0.1, -0.05) is 43.6 Å². The van der Waals surface area contributed by atoms with Gasteiger partial charge in [0.25, 0.3) is 0 Å². The van der Waals surface area contributed by atoms with Crippen LogP contribution >= 0.6 is 22.9 Å². The summed E-state index contributed by atoms with van der Waals surface area (Å²) in [5, 5.41) is 12.0. The molecule has 1 heterocycles. The quantitative estimate of drug-likeness (QED) is 0.764. The molecule has 2 rings (SSSR count). The molecule has 0 aliphatic heterocycles. The molecule has 5 nitrogen and oxygen atoms in total. The summed E-state index contributed by atoms with van der Waals surface area (Å²) >= 11 is 7.53. The zero-order chi connectivity index (χ0) is 18.6. The van der Waals surface area contributed by atoms with Crippen LogP contribution in [0.2, 0.25) is 5.02 Å². The second kappa shape index (κ2) is 8.45. The predicted molar refractivity (Wildman–Crippen MR) is 101 cm³/mol. The van der Waals surface area contributed by atoms with Gasteiger partial charge in [-0.15, -0.1) is 11.3 Å². The lowest BCUT2D eigenvalue weighted by atomic mass is 9.93. The fourth-order valence-electron chi connectivity index (χ4n) is 2.63. The average molecular weight is 381 g/mol. The highest BCUT2D eigenvalue weighted by atomic mass is 35.5. The molecule has 7 heteroatoms. The van der Waals surface area contributed by atoms with E-state index < -0.39 is 11.9 Å². The first-order valence-electron chi connectivity index (χ1n) is 7.99. The number of carbonyl (C=O) groups is 2. The molecule has 0 unspecified atom stereocenters. The van der Waals surface area contributed by atoms with E-state index in [0.717, 1.165) is 5.56 Å². The van der Waals surface area contributed by atoms with Gasteiger partial charge in [0.15, 0.2) is 5.13 Å². The molecule has 1 amide bonds. The van der Waals surface area contributed by atoms with Crippen molar-refractivity contribution in [3.05, 3.63) is 34.7 Å². The third-order valence-electron chi connectivity index (χ3n) is 3.79. The summed E-state index contributed by atoms with van der Waals surface area (Å²) in [6, 6.07) is 7.38. The molecule has 25 heavy (non-hydrogen) atoms. The molecule has 0 saturated carbocycles. The van der Waals surface area contributed by atoms with Crippen molar-refractivity contribution in [2.45, 2.75) is 26.7 Å². The van der Waals surface area contributed by atoms with E-state index in [0.29, 0.717) is 22.3 Å². The number of hydrogen-bond donors (Lipinski definition) is 1. The summed E-state index contributed by atoms with van der Waals surface area (Å²) in [7, 11) is 1.63. The number of carboxylic acids is 1. The van der Waals surface area contributed by atoms with Gasteiger partial charge < -0.3 is 5.11 Å². The predicted octanol–water partition coefficient (Wildman–Crippen LogP) is 4.56. The smallest absolute Gasteiger partial charge is 0.304 e. The number of thiazole rings is 1. The number of halogens is 1. The van der Waals surface area contributed by atoms with E-state index in [-0.39, 0.29) is 18.2 Å². The zero-order valence-electron chi connectivity index (χ0n) is 14.4. The Morgan fingerprint density at radius 1 is 1.32 bits per heavy atom. The van der Waals surface area contributed by atoms with Crippen molar-refractivity contribution in [3.63, 3.8) is 0 Å². The molecule has 0 spiro atoms. The van der Waals surface area contributed by atoms with Gasteiger partial charge in [0.2, 0.25) is 5.91 Å². The first-order chi connectivity index (χ1) is 11.8. The fourth-order valence-corrected chi connectivity index (χ4v) is 3.66. The van der Waals surface area contributed by atoms with Gasteiger partial charge in [0.05, 0.1) is 12.1 Å². The Morgan fingerprint density at radius 3 is 2.60 bits per heavy atom. The minimum Gasteiger partial charge on any atom is -0.481 e. The molecule has 0 saturated heterocycles. The molecular formula is C18H21ClN2O3S. The van der Waals surface area contributed by atoms with Crippen LogP contribution in [-0.4, -0.2) is 29.0 Å². The summed E-state index contributed by atoms with van der Waals surface area (Å²) in [6.45, 7) is 3.95. The fraction of sp³-hybridized carbons (Fsp3) is 0.389. The molecule has 134 valence electrons. The highest BCUT2D eigenvalue weighted by molar-refractivity contribution is 7.14. The van der Waals surface area contributed by atoms with Crippen molar-refractivity contribution < 1.29 is 14.7 Å². The number of carbonyl (C=O) groups excluding carboxylic acids is 1. The average Bonchev–Trinajstić information content (AvgIpc) is 3.02. The molecule has 1 atom stereocenters. The van der Waals surface area contributed by atoms with Gasteiger partial charge in [0.1, 0.15) is 0 Å². The molecule has 0 bridgehead atoms. The Morgan fingerprint density at radius 2 is 2.00 bits per heavy atom. The number of aromatic nitrogens is 1. The Bertz CT molecular complexity index is 760. The van der Waals surface area contributed by atoms with Crippen molar-refractivity contribution in [1.29, 1.82) is 0 Å². The van der Waals surface area contributed by atoms with Crippen molar-refractivity contribution in [2.24, 2.45) is 11.8 Å². The van der Waals surface area contributed by atoms with Crippen LogP contribution in [0.15, 0.2) is 29.6 Å². The van der Waals surface area contributed by atoms with Crippen LogP contribution in [0.3, 0.4) is 0 Å². The first kappa shape index (κ1) is 19.4. The van der Waals surface area contributed by atoms with Crippen molar-refractivity contribution in [3.8, 4) is 11.3 Å². The van der Waals surface area contributed by atoms with Crippen LogP contribution in [-0.2, 0) is 9.59 Å². The normalized spacial score (nSPS) is 12.2. The topological polar surface area (TPSA) is 70.5 Å². The van der Waals surface area contributed by atoms with Gasteiger partial charge in [-0.05, 0) is 18.4 Å². The van der Waals surface area contributed by atoms with Crippen molar-refractivity contribution >= 4 is 39.9 Å². The number of hydrogen-bond acceptors (Lipinski definition) is 4. The number of anilines is 1. The number of amides is 1. The van der Waals surface area contributed by atoms with E-state index in [1.165, 1.54) is 16.2 Å². The molecule has 1 aromatic heterocycles. The van der Waals surface area contributed by atoms with E-state index in [1.807, 2.05) is 37.4 Å². The summed E-state index contributed by atoms with van der Waals surface area (Å²) < 4.78 is 0. The monoisotopic (exact) mass is 380 g/mol. The Balaban J connectivity index is 2.21. The molecule has 2 aromatic rings.